The van der Waals surface area contributed by atoms with Crippen molar-refractivity contribution in [3.8, 4) is 0 Å². The molecule has 0 bridgehead atoms. The number of hydrogen-bond acceptors (Lipinski definition) is 1. The summed E-state index contributed by atoms with van der Waals surface area (Å²) in [6.45, 7) is 1.97. The Hall–Kier alpha value is -0.830. The molecule has 0 saturated carbocycles. The number of rotatable bonds is 0. The molecular weight excluding hydrogens is 242 g/mol. The molecule has 0 saturated heterocycles. The fourth-order valence-corrected chi connectivity index (χ4v) is 2.06. The summed E-state index contributed by atoms with van der Waals surface area (Å²) in [7, 11) is 0. The van der Waals surface area contributed by atoms with E-state index in [0.717, 1.165) is 23.0 Å². The first-order valence-electron chi connectivity index (χ1n) is 4.76. The minimum Gasteiger partial charge on any atom is -0.326 e. The number of aryl methyl sites for hydroxylation is 1. The van der Waals surface area contributed by atoms with Crippen molar-refractivity contribution < 1.29 is 4.79 Å². The minimum atomic E-state index is 0.112. The number of amides is 1. The highest BCUT2D eigenvalue weighted by Gasteiger charge is 2.19. The smallest absolute Gasteiger partial charge is 0.227 e. The summed E-state index contributed by atoms with van der Waals surface area (Å²) in [5.41, 5.74) is 2.18. The zero-order valence-electron chi connectivity index (χ0n) is 8.01. The fraction of sp³-hybridized carbons (Fsp3) is 0.364. The fourth-order valence-electron chi connectivity index (χ4n) is 1.65. The van der Waals surface area contributed by atoms with Crippen LogP contribution in [-0.4, -0.2) is 5.91 Å². The van der Waals surface area contributed by atoms with Gasteiger partial charge >= 0.3 is 0 Å². The van der Waals surface area contributed by atoms with Crippen LogP contribution < -0.4 is 5.32 Å². The highest BCUT2D eigenvalue weighted by Crippen LogP contribution is 2.27. The largest absolute Gasteiger partial charge is 0.326 e. The van der Waals surface area contributed by atoms with Crippen molar-refractivity contribution in [2.75, 3.05) is 5.32 Å². The van der Waals surface area contributed by atoms with Crippen LogP contribution in [0.3, 0.4) is 0 Å². The lowest BCUT2D eigenvalue weighted by atomic mass is 10.0. The van der Waals surface area contributed by atoms with Gasteiger partial charge in [-0.1, -0.05) is 22.9 Å². The highest BCUT2D eigenvalue weighted by molar-refractivity contribution is 9.10. The number of benzene rings is 1. The van der Waals surface area contributed by atoms with Gasteiger partial charge in [0.05, 0.1) is 0 Å². The maximum Gasteiger partial charge on any atom is 0.227 e. The van der Waals surface area contributed by atoms with Crippen LogP contribution in [0.25, 0.3) is 0 Å². The second kappa shape index (κ2) is 3.73. The maximum absolute atomic E-state index is 11.5. The number of carbonyl (C=O) groups excluding carboxylic acids is 1. The molecule has 1 aliphatic rings. The van der Waals surface area contributed by atoms with E-state index in [4.69, 9.17) is 0 Å². The first-order valence-corrected chi connectivity index (χ1v) is 5.55. The average molecular weight is 254 g/mol. The van der Waals surface area contributed by atoms with Gasteiger partial charge in [-0.25, -0.2) is 0 Å². The Morgan fingerprint density at radius 2 is 2.29 bits per heavy atom. The summed E-state index contributed by atoms with van der Waals surface area (Å²) in [4.78, 5) is 11.5. The SMILES string of the molecule is CC1CCc2cc(Br)ccc2NC1=O. The topological polar surface area (TPSA) is 29.1 Å². The van der Waals surface area contributed by atoms with Gasteiger partial charge in [-0.15, -0.1) is 0 Å². The molecule has 74 valence electrons. The summed E-state index contributed by atoms with van der Waals surface area (Å²) >= 11 is 3.43. The minimum absolute atomic E-state index is 0.112. The number of fused-ring (bicyclic) bond motifs is 1. The molecule has 0 spiro atoms. The maximum atomic E-state index is 11.5. The van der Waals surface area contributed by atoms with Crippen molar-refractivity contribution in [1.82, 2.24) is 0 Å². The Labute approximate surface area is 91.8 Å². The lowest BCUT2D eigenvalue weighted by Crippen LogP contribution is -2.18. The third kappa shape index (κ3) is 1.82. The number of carbonyl (C=O) groups is 1. The van der Waals surface area contributed by atoms with E-state index in [9.17, 15) is 4.79 Å². The summed E-state index contributed by atoms with van der Waals surface area (Å²) < 4.78 is 1.07. The summed E-state index contributed by atoms with van der Waals surface area (Å²) in [5, 5.41) is 2.94. The van der Waals surface area contributed by atoms with Crippen LogP contribution in [0.4, 0.5) is 5.69 Å². The van der Waals surface area contributed by atoms with Gasteiger partial charge in [-0.3, -0.25) is 4.79 Å². The van der Waals surface area contributed by atoms with Crippen molar-refractivity contribution in [1.29, 1.82) is 0 Å². The molecule has 1 aliphatic heterocycles. The molecule has 2 rings (SSSR count). The summed E-state index contributed by atoms with van der Waals surface area (Å²) in [6.07, 6.45) is 1.89. The number of halogens is 1. The van der Waals surface area contributed by atoms with E-state index in [2.05, 4.69) is 27.3 Å². The first-order chi connectivity index (χ1) is 6.66. The second-order valence-electron chi connectivity index (χ2n) is 3.73. The molecule has 1 heterocycles. The molecule has 1 unspecified atom stereocenters. The van der Waals surface area contributed by atoms with Gasteiger partial charge in [-0.05, 0) is 36.6 Å². The van der Waals surface area contributed by atoms with Crippen LogP contribution >= 0.6 is 15.9 Å². The highest BCUT2D eigenvalue weighted by atomic mass is 79.9. The van der Waals surface area contributed by atoms with Gasteiger partial charge < -0.3 is 5.32 Å². The van der Waals surface area contributed by atoms with E-state index in [1.807, 2.05) is 19.1 Å². The Morgan fingerprint density at radius 3 is 3.07 bits per heavy atom. The van der Waals surface area contributed by atoms with E-state index < -0.39 is 0 Å². The van der Waals surface area contributed by atoms with Gasteiger partial charge in [0.2, 0.25) is 5.91 Å². The predicted molar refractivity (Wildman–Crippen MR) is 60.3 cm³/mol. The Bertz CT molecular complexity index is 376. The zero-order valence-corrected chi connectivity index (χ0v) is 9.60. The normalized spacial score (nSPS) is 21.0. The van der Waals surface area contributed by atoms with E-state index in [1.165, 1.54) is 5.56 Å². The van der Waals surface area contributed by atoms with Crippen LogP contribution in [0.1, 0.15) is 18.9 Å². The summed E-state index contributed by atoms with van der Waals surface area (Å²) in [6, 6.07) is 5.98. The van der Waals surface area contributed by atoms with E-state index in [0.29, 0.717) is 0 Å². The van der Waals surface area contributed by atoms with E-state index in [-0.39, 0.29) is 11.8 Å². The lowest BCUT2D eigenvalue weighted by molar-refractivity contribution is -0.119. The van der Waals surface area contributed by atoms with Crippen molar-refractivity contribution in [3.05, 3.63) is 28.2 Å². The standard InChI is InChI=1S/C11H12BrNO/c1-7-2-3-8-6-9(12)4-5-10(8)13-11(7)14/h4-7H,2-3H2,1H3,(H,13,14). The van der Waals surface area contributed by atoms with Gasteiger partial charge in [0, 0.05) is 16.1 Å². The van der Waals surface area contributed by atoms with Crippen molar-refractivity contribution in [2.45, 2.75) is 19.8 Å². The van der Waals surface area contributed by atoms with Gasteiger partial charge in [0.25, 0.3) is 0 Å². The summed E-state index contributed by atoms with van der Waals surface area (Å²) in [5.74, 6) is 0.243. The second-order valence-corrected chi connectivity index (χ2v) is 4.65. The molecule has 1 atom stereocenters. The van der Waals surface area contributed by atoms with Gasteiger partial charge in [0.15, 0.2) is 0 Å². The monoisotopic (exact) mass is 253 g/mol. The molecule has 1 aromatic carbocycles. The molecule has 14 heavy (non-hydrogen) atoms. The first kappa shape index (κ1) is 9.71. The van der Waals surface area contributed by atoms with Crippen LogP contribution in [0.2, 0.25) is 0 Å². The molecule has 0 radical (unpaired) electrons. The van der Waals surface area contributed by atoms with Gasteiger partial charge in [-0.2, -0.15) is 0 Å². The molecule has 0 aliphatic carbocycles. The van der Waals surface area contributed by atoms with E-state index in [1.54, 1.807) is 0 Å². The van der Waals surface area contributed by atoms with E-state index >= 15 is 0 Å². The van der Waals surface area contributed by atoms with Gasteiger partial charge in [0.1, 0.15) is 0 Å². The van der Waals surface area contributed by atoms with Crippen LogP contribution in [0.15, 0.2) is 22.7 Å². The molecule has 0 fully saturated rings. The van der Waals surface area contributed by atoms with Crippen LogP contribution in [-0.2, 0) is 11.2 Å². The molecular formula is C11H12BrNO. The molecule has 0 aromatic heterocycles. The average Bonchev–Trinajstić information content (AvgIpc) is 2.29. The molecule has 1 N–H and O–H groups in total. The number of nitrogens with one attached hydrogen (secondary N) is 1. The number of hydrogen-bond donors (Lipinski definition) is 1. The Balaban J connectivity index is 2.37. The molecule has 1 aromatic rings. The quantitative estimate of drug-likeness (QED) is 0.757. The predicted octanol–water partition coefficient (Wildman–Crippen LogP) is 2.97. The van der Waals surface area contributed by atoms with Crippen LogP contribution in [0.5, 0.6) is 0 Å². The third-order valence-electron chi connectivity index (χ3n) is 2.62. The zero-order chi connectivity index (χ0) is 10.1. The molecule has 1 amide bonds. The van der Waals surface area contributed by atoms with Crippen molar-refractivity contribution in [2.24, 2.45) is 5.92 Å². The Kier molecular flexibility index (Phi) is 2.59. The van der Waals surface area contributed by atoms with Crippen LogP contribution in [0, 0.1) is 5.92 Å². The van der Waals surface area contributed by atoms with Crippen molar-refractivity contribution >= 4 is 27.5 Å². The molecule has 2 nitrogen and oxygen atoms in total. The Morgan fingerprint density at radius 1 is 1.50 bits per heavy atom. The lowest BCUT2D eigenvalue weighted by Gasteiger charge is -2.07. The number of anilines is 1. The van der Waals surface area contributed by atoms with Crippen molar-refractivity contribution in [3.63, 3.8) is 0 Å². The molecule has 3 heteroatoms. The third-order valence-corrected chi connectivity index (χ3v) is 3.11.